The van der Waals surface area contributed by atoms with Gasteiger partial charge in [-0.15, -0.1) is 0 Å². The van der Waals surface area contributed by atoms with Crippen LogP contribution in [0.4, 0.5) is 5.69 Å². The minimum Gasteiger partial charge on any atom is -1.00 e. The van der Waals surface area contributed by atoms with E-state index in [2.05, 4.69) is 77.9 Å². The third kappa shape index (κ3) is 3.12. The summed E-state index contributed by atoms with van der Waals surface area (Å²) in [5.74, 6) is 1.68. The quantitative estimate of drug-likeness (QED) is 0.402. The van der Waals surface area contributed by atoms with Crippen molar-refractivity contribution in [2.24, 2.45) is 0 Å². The molecule has 2 aliphatic heterocycles. The number of fused-ring (bicyclic) bond motifs is 3. The molecule has 0 unspecified atom stereocenters. The summed E-state index contributed by atoms with van der Waals surface area (Å²) in [6, 6.07) is 17.2. The third-order valence-corrected chi connectivity index (χ3v) is 6.20. The van der Waals surface area contributed by atoms with Crippen LogP contribution in [0.1, 0.15) is 19.5 Å². The molecular weight excluding hydrogens is 483 g/mol. The number of hydrogen-bond acceptors (Lipinski definition) is 4. The molecule has 2 aromatic carbocycles. The fraction of sp³-hybridized carbons (Fsp3) is 0.227. The molecule has 3 aromatic rings. The van der Waals surface area contributed by atoms with Crippen molar-refractivity contribution in [3.05, 3.63) is 59.3 Å². The first-order valence-corrected chi connectivity index (χ1v) is 10.1. The van der Waals surface area contributed by atoms with E-state index in [1.54, 1.807) is 11.8 Å². The first kappa shape index (κ1) is 19.4. The Labute approximate surface area is 186 Å². The van der Waals surface area contributed by atoms with Gasteiger partial charge in [-0.2, -0.15) is 4.57 Å². The van der Waals surface area contributed by atoms with Crippen molar-refractivity contribution < 1.29 is 38.0 Å². The normalized spacial score (nSPS) is 15.8. The van der Waals surface area contributed by atoms with Crippen LogP contribution in [-0.2, 0) is 6.54 Å². The molecule has 3 heterocycles. The van der Waals surface area contributed by atoms with Gasteiger partial charge in [0.1, 0.15) is 6.54 Å². The minimum atomic E-state index is 0. The lowest BCUT2D eigenvalue weighted by atomic mass is 10.2. The van der Waals surface area contributed by atoms with Crippen LogP contribution in [0.2, 0.25) is 0 Å². The standard InChI is InChI=1S/C22H21N2O2S.HI/c1-3-23-16(10-9-15-7-5-6-8-17(15)23)11-22-24(4-2)18-12-19-20(26-14-25-19)13-21(18)27-22;/h5-13H,3-4,14H2,1-2H3;1H/q+1;/p-1. The van der Waals surface area contributed by atoms with Gasteiger partial charge in [0.25, 0.3) is 0 Å². The summed E-state index contributed by atoms with van der Waals surface area (Å²) in [6.07, 6.45) is 2.29. The van der Waals surface area contributed by atoms with Crippen LogP contribution in [-0.4, -0.2) is 13.3 Å². The largest absolute Gasteiger partial charge is 1.00 e. The summed E-state index contributed by atoms with van der Waals surface area (Å²) in [6.45, 7) is 6.53. The molecule has 0 amide bonds. The maximum atomic E-state index is 5.57. The first-order valence-electron chi connectivity index (χ1n) is 9.31. The number of thioether (sulfide) groups is 1. The van der Waals surface area contributed by atoms with Gasteiger partial charge < -0.3 is 38.4 Å². The molecule has 5 rings (SSSR count). The molecule has 0 saturated heterocycles. The molecule has 0 saturated carbocycles. The van der Waals surface area contributed by atoms with Crippen LogP contribution in [0.15, 0.2) is 58.5 Å². The van der Waals surface area contributed by atoms with Gasteiger partial charge in [-0.05, 0) is 26.0 Å². The third-order valence-electron chi connectivity index (χ3n) is 5.10. The van der Waals surface area contributed by atoms with Crippen molar-refractivity contribution in [2.45, 2.75) is 25.3 Å². The fourth-order valence-electron chi connectivity index (χ4n) is 3.81. The molecule has 0 radical (unpaired) electrons. The Kier molecular flexibility index (Phi) is 5.42. The zero-order valence-corrected chi connectivity index (χ0v) is 18.8. The zero-order chi connectivity index (χ0) is 18.4. The Morgan fingerprint density at radius 2 is 1.86 bits per heavy atom. The maximum absolute atomic E-state index is 5.57. The van der Waals surface area contributed by atoms with Gasteiger partial charge in [0.15, 0.2) is 11.5 Å². The van der Waals surface area contributed by atoms with Crippen LogP contribution in [0.3, 0.4) is 0 Å². The lowest BCUT2D eigenvalue weighted by Gasteiger charge is -2.18. The van der Waals surface area contributed by atoms with E-state index in [0.29, 0.717) is 6.79 Å². The number of aromatic nitrogens is 1. The van der Waals surface area contributed by atoms with Gasteiger partial charge in [-0.25, -0.2) is 0 Å². The molecule has 2 aliphatic rings. The van der Waals surface area contributed by atoms with Gasteiger partial charge >= 0.3 is 0 Å². The number of nitrogens with zero attached hydrogens (tertiary/aromatic N) is 2. The van der Waals surface area contributed by atoms with Crippen molar-refractivity contribution in [1.82, 2.24) is 0 Å². The second-order valence-electron chi connectivity index (χ2n) is 6.56. The van der Waals surface area contributed by atoms with E-state index in [4.69, 9.17) is 9.47 Å². The number of halogens is 1. The summed E-state index contributed by atoms with van der Waals surface area (Å²) in [4.78, 5) is 3.56. The van der Waals surface area contributed by atoms with Crippen molar-refractivity contribution in [1.29, 1.82) is 0 Å². The number of benzene rings is 2. The number of ether oxygens (including phenoxy) is 2. The van der Waals surface area contributed by atoms with Gasteiger partial charge in [0, 0.05) is 47.2 Å². The molecule has 0 fully saturated rings. The molecule has 4 nitrogen and oxygen atoms in total. The SMILES string of the molecule is CCN1C(=Cc2ccc3ccccc3[n+]2CC)Sc2cc3c(cc21)OCO3.[I-]. The van der Waals surface area contributed by atoms with E-state index in [-0.39, 0.29) is 24.0 Å². The fourth-order valence-corrected chi connectivity index (χ4v) is 4.99. The molecule has 6 heteroatoms. The highest BCUT2D eigenvalue weighted by atomic mass is 127. The van der Waals surface area contributed by atoms with E-state index in [9.17, 15) is 0 Å². The Morgan fingerprint density at radius 3 is 2.64 bits per heavy atom. The number of anilines is 1. The van der Waals surface area contributed by atoms with Crippen LogP contribution >= 0.6 is 11.8 Å². The van der Waals surface area contributed by atoms with Gasteiger partial charge in [0.05, 0.1) is 10.7 Å². The minimum absolute atomic E-state index is 0. The van der Waals surface area contributed by atoms with Crippen molar-refractivity contribution in [2.75, 3.05) is 18.2 Å². The number of rotatable bonds is 3. The Morgan fingerprint density at radius 1 is 1.07 bits per heavy atom. The lowest BCUT2D eigenvalue weighted by molar-refractivity contribution is -0.669. The summed E-state index contributed by atoms with van der Waals surface area (Å²) in [5.41, 5.74) is 3.67. The highest BCUT2D eigenvalue weighted by Gasteiger charge is 2.29. The molecule has 0 atom stereocenters. The Hall–Kier alpha value is -1.93. The zero-order valence-electron chi connectivity index (χ0n) is 15.8. The molecule has 28 heavy (non-hydrogen) atoms. The van der Waals surface area contributed by atoms with Gasteiger partial charge in [0.2, 0.25) is 18.0 Å². The lowest BCUT2D eigenvalue weighted by Crippen LogP contribution is -3.00. The molecule has 0 spiro atoms. The highest BCUT2D eigenvalue weighted by molar-refractivity contribution is 8.03. The summed E-state index contributed by atoms with van der Waals surface area (Å²) >= 11 is 1.79. The average molecular weight is 504 g/mol. The van der Waals surface area contributed by atoms with Crippen molar-refractivity contribution in [3.63, 3.8) is 0 Å². The summed E-state index contributed by atoms with van der Waals surface area (Å²) in [7, 11) is 0. The number of aryl methyl sites for hydroxylation is 1. The topological polar surface area (TPSA) is 25.6 Å². The van der Waals surface area contributed by atoms with Crippen LogP contribution in [0.5, 0.6) is 11.5 Å². The Bertz CT molecular complexity index is 1080. The predicted octanol–water partition coefficient (Wildman–Crippen LogP) is 1.81. The summed E-state index contributed by atoms with van der Waals surface area (Å²) < 4.78 is 13.5. The van der Waals surface area contributed by atoms with E-state index >= 15 is 0 Å². The molecule has 0 aliphatic carbocycles. The highest BCUT2D eigenvalue weighted by Crippen LogP contribution is 2.51. The molecular formula is C22H21IN2O2S. The number of hydrogen-bond donors (Lipinski definition) is 0. The second-order valence-corrected chi connectivity index (χ2v) is 7.63. The molecule has 144 valence electrons. The monoisotopic (exact) mass is 504 g/mol. The van der Waals surface area contributed by atoms with Gasteiger partial charge in [-0.1, -0.05) is 23.9 Å². The van der Waals surface area contributed by atoms with Crippen LogP contribution in [0, 0.1) is 0 Å². The van der Waals surface area contributed by atoms with E-state index in [0.717, 1.165) is 24.6 Å². The van der Waals surface area contributed by atoms with Crippen molar-refractivity contribution >= 4 is 34.4 Å². The second kappa shape index (κ2) is 7.83. The van der Waals surface area contributed by atoms with Crippen LogP contribution < -0.4 is 42.9 Å². The number of pyridine rings is 1. The average Bonchev–Trinajstić information content (AvgIpc) is 3.28. The predicted molar refractivity (Wildman–Crippen MR) is 109 cm³/mol. The van der Waals surface area contributed by atoms with E-state index in [1.807, 2.05) is 0 Å². The molecule has 0 N–H and O–H groups in total. The maximum Gasteiger partial charge on any atom is 0.231 e. The van der Waals surface area contributed by atoms with Crippen molar-refractivity contribution in [3.8, 4) is 11.5 Å². The molecule has 0 bridgehead atoms. The number of para-hydroxylation sites is 1. The van der Waals surface area contributed by atoms with Gasteiger partial charge in [-0.3, -0.25) is 0 Å². The Balaban J connectivity index is 0.00000192. The van der Waals surface area contributed by atoms with E-state index in [1.165, 1.54) is 32.2 Å². The summed E-state index contributed by atoms with van der Waals surface area (Å²) in [5, 5.41) is 2.50. The van der Waals surface area contributed by atoms with Crippen LogP contribution in [0.25, 0.3) is 17.0 Å². The smallest absolute Gasteiger partial charge is 0.231 e. The van der Waals surface area contributed by atoms with E-state index < -0.39 is 0 Å². The first-order chi connectivity index (χ1) is 13.3. The molecule has 1 aromatic heterocycles.